The number of aromatic nitrogens is 2. The fourth-order valence-electron chi connectivity index (χ4n) is 2.03. The maximum atomic E-state index is 5.23. The summed E-state index contributed by atoms with van der Waals surface area (Å²) in [4.78, 5) is 4.41. The normalized spacial score (nSPS) is 11.0. The second-order valence-corrected chi connectivity index (χ2v) is 4.43. The van der Waals surface area contributed by atoms with Crippen LogP contribution in [0.25, 0.3) is 22.2 Å². The predicted molar refractivity (Wildman–Crippen MR) is 74.9 cm³/mol. The molecule has 0 spiro atoms. The van der Waals surface area contributed by atoms with Gasteiger partial charge in [-0.3, -0.25) is 0 Å². The van der Waals surface area contributed by atoms with Crippen molar-refractivity contribution in [2.75, 3.05) is 13.6 Å². The number of nitrogens with one attached hydrogen (secondary N) is 1. The maximum absolute atomic E-state index is 5.23. The lowest BCUT2D eigenvalue weighted by Gasteiger charge is -1.99. The fourth-order valence-corrected chi connectivity index (χ4v) is 2.03. The van der Waals surface area contributed by atoms with Crippen molar-refractivity contribution in [3.8, 4) is 11.4 Å². The van der Waals surface area contributed by atoms with Crippen LogP contribution in [0.1, 0.15) is 5.89 Å². The third-order valence-electron chi connectivity index (χ3n) is 3.06. The summed E-state index contributed by atoms with van der Waals surface area (Å²) in [7, 11) is 1.90. The van der Waals surface area contributed by atoms with E-state index in [2.05, 4.69) is 39.7 Å². The molecule has 0 fully saturated rings. The lowest BCUT2D eigenvalue weighted by Crippen LogP contribution is -2.10. The molecule has 0 radical (unpaired) electrons. The van der Waals surface area contributed by atoms with Crippen LogP contribution in [-0.4, -0.2) is 23.7 Å². The molecule has 4 nitrogen and oxygen atoms in total. The molecule has 0 aliphatic heterocycles. The van der Waals surface area contributed by atoms with Crippen molar-refractivity contribution in [1.29, 1.82) is 0 Å². The van der Waals surface area contributed by atoms with Crippen molar-refractivity contribution in [3.05, 3.63) is 48.4 Å². The van der Waals surface area contributed by atoms with Gasteiger partial charge in [0.1, 0.15) is 0 Å². The Kier molecular flexibility index (Phi) is 3.25. The summed E-state index contributed by atoms with van der Waals surface area (Å²) in [5.74, 6) is 1.31. The maximum Gasteiger partial charge on any atom is 0.228 e. The van der Waals surface area contributed by atoms with Gasteiger partial charge in [-0.1, -0.05) is 41.6 Å². The lowest BCUT2D eigenvalue weighted by molar-refractivity contribution is 0.377. The fraction of sp³-hybridized carbons (Fsp3) is 0.200. The summed E-state index contributed by atoms with van der Waals surface area (Å²) in [6, 6.07) is 14.4. The molecule has 0 aliphatic rings. The summed E-state index contributed by atoms with van der Waals surface area (Å²) < 4.78 is 5.23. The molecule has 2 aromatic carbocycles. The van der Waals surface area contributed by atoms with Gasteiger partial charge in [0.25, 0.3) is 0 Å². The zero-order valence-electron chi connectivity index (χ0n) is 10.8. The molecule has 96 valence electrons. The number of nitrogens with zero attached hydrogens (tertiary/aromatic N) is 2. The van der Waals surface area contributed by atoms with Gasteiger partial charge in [0.05, 0.1) is 0 Å². The summed E-state index contributed by atoms with van der Waals surface area (Å²) >= 11 is 0. The van der Waals surface area contributed by atoms with Gasteiger partial charge in [-0.2, -0.15) is 4.98 Å². The summed E-state index contributed by atoms with van der Waals surface area (Å²) in [5.41, 5.74) is 0.984. The lowest BCUT2D eigenvalue weighted by atomic mass is 10.1. The number of likely N-dealkylation sites (N-methyl/N-ethyl adjacent to an activating group) is 1. The number of benzene rings is 2. The number of hydrogen-bond donors (Lipinski definition) is 1. The Morgan fingerprint density at radius 2 is 1.95 bits per heavy atom. The Hall–Kier alpha value is -2.20. The van der Waals surface area contributed by atoms with E-state index in [1.165, 1.54) is 10.8 Å². The Morgan fingerprint density at radius 3 is 2.79 bits per heavy atom. The number of rotatable bonds is 4. The van der Waals surface area contributed by atoms with Crippen LogP contribution >= 0.6 is 0 Å². The van der Waals surface area contributed by atoms with Crippen molar-refractivity contribution in [1.82, 2.24) is 15.5 Å². The van der Waals surface area contributed by atoms with Gasteiger partial charge >= 0.3 is 0 Å². The molecule has 0 saturated carbocycles. The zero-order valence-corrected chi connectivity index (χ0v) is 10.8. The van der Waals surface area contributed by atoms with Crippen LogP contribution in [0.3, 0.4) is 0 Å². The highest BCUT2D eigenvalue weighted by atomic mass is 16.5. The van der Waals surface area contributed by atoms with Gasteiger partial charge in [0.15, 0.2) is 0 Å². The SMILES string of the molecule is CNCCc1nc(-c2ccc3ccccc3c2)no1. The Bertz CT molecular complexity index is 690. The smallest absolute Gasteiger partial charge is 0.228 e. The largest absolute Gasteiger partial charge is 0.339 e. The highest BCUT2D eigenvalue weighted by Crippen LogP contribution is 2.22. The van der Waals surface area contributed by atoms with Gasteiger partial charge in [0.2, 0.25) is 11.7 Å². The van der Waals surface area contributed by atoms with Crippen molar-refractivity contribution in [2.45, 2.75) is 6.42 Å². The molecule has 19 heavy (non-hydrogen) atoms. The van der Waals surface area contributed by atoms with Crippen molar-refractivity contribution in [2.24, 2.45) is 0 Å². The van der Waals surface area contributed by atoms with E-state index < -0.39 is 0 Å². The summed E-state index contributed by atoms with van der Waals surface area (Å²) in [6.45, 7) is 0.833. The zero-order chi connectivity index (χ0) is 13.1. The Balaban J connectivity index is 1.92. The first-order valence-corrected chi connectivity index (χ1v) is 6.33. The monoisotopic (exact) mass is 253 g/mol. The molecule has 1 aromatic heterocycles. The van der Waals surface area contributed by atoms with Gasteiger partial charge in [-0.05, 0) is 23.9 Å². The first kappa shape index (κ1) is 11.9. The first-order valence-electron chi connectivity index (χ1n) is 6.33. The van der Waals surface area contributed by atoms with Gasteiger partial charge in [-0.25, -0.2) is 0 Å². The van der Waals surface area contributed by atoms with Gasteiger partial charge in [-0.15, -0.1) is 0 Å². The van der Waals surface area contributed by atoms with E-state index >= 15 is 0 Å². The van der Waals surface area contributed by atoms with Crippen LogP contribution in [0, 0.1) is 0 Å². The van der Waals surface area contributed by atoms with Crippen LogP contribution in [0.4, 0.5) is 0 Å². The van der Waals surface area contributed by atoms with E-state index in [0.717, 1.165) is 18.5 Å². The molecule has 1 heterocycles. The van der Waals surface area contributed by atoms with E-state index in [0.29, 0.717) is 11.7 Å². The Morgan fingerprint density at radius 1 is 1.11 bits per heavy atom. The molecule has 0 bridgehead atoms. The number of fused-ring (bicyclic) bond motifs is 1. The van der Waals surface area contributed by atoms with Crippen LogP contribution < -0.4 is 5.32 Å². The molecule has 0 unspecified atom stereocenters. The number of hydrogen-bond acceptors (Lipinski definition) is 4. The minimum atomic E-state index is 0.650. The highest BCUT2D eigenvalue weighted by Gasteiger charge is 2.08. The molecule has 4 heteroatoms. The summed E-state index contributed by atoms with van der Waals surface area (Å²) in [6.07, 6.45) is 0.747. The molecule has 0 amide bonds. The van der Waals surface area contributed by atoms with E-state index in [-0.39, 0.29) is 0 Å². The van der Waals surface area contributed by atoms with E-state index in [1.807, 2.05) is 25.2 Å². The third kappa shape index (κ3) is 2.48. The average Bonchev–Trinajstić information content (AvgIpc) is 2.93. The molecular weight excluding hydrogens is 238 g/mol. The van der Waals surface area contributed by atoms with Crippen molar-refractivity contribution >= 4 is 10.8 Å². The van der Waals surface area contributed by atoms with E-state index in [1.54, 1.807) is 0 Å². The van der Waals surface area contributed by atoms with Crippen LogP contribution in [0.2, 0.25) is 0 Å². The summed E-state index contributed by atoms with van der Waals surface area (Å²) in [5, 5.41) is 9.49. The quantitative estimate of drug-likeness (QED) is 0.776. The van der Waals surface area contributed by atoms with Gasteiger partial charge in [0, 0.05) is 18.5 Å². The second-order valence-electron chi connectivity index (χ2n) is 4.43. The van der Waals surface area contributed by atoms with Crippen LogP contribution in [-0.2, 0) is 6.42 Å². The second kappa shape index (κ2) is 5.20. The average molecular weight is 253 g/mol. The minimum absolute atomic E-state index is 0.650. The van der Waals surface area contributed by atoms with Crippen LogP contribution in [0.5, 0.6) is 0 Å². The first-order chi connectivity index (χ1) is 9.36. The van der Waals surface area contributed by atoms with Crippen molar-refractivity contribution in [3.63, 3.8) is 0 Å². The van der Waals surface area contributed by atoms with Crippen molar-refractivity contribution < 1.29 is 4.52 Å². The van der Waals surface area contributed by atoms with Crippen LogP contribution in [0.15, 0.2) is 47.0 Å². The highest BCUT2D eigenvalue weighted by molar-refractivity contribution is 5.86. The standard InChI is InChI=1S/C15H15N3O/c1-16-9-8-14-17-15(18-19-14)13-7-6-11-4-2-3-5-12(11)10-13/h2-7,10,16H,8-9H2,1H3. The molecule has 0 aliphatic carbocycles. The molecule has 1 N–H and O–H groups in total. The molecule has 0 atom stereocenters. The topological polar surface area (TPSA) is 51.0 Å². The van der Waals surface area contributed by atoms with E-state index in [9.17, 15) is 0 Å². The van der Waals surface area contributed by atoms with E-state index in [4.69, 9.17) is 4.52 Å². The third-order valence-corrected chi connectivity index (χ3v) is 3.06. The van der Waals surface area contributed by atoms with Gasteiger partial charge < -0.3 is 9.84 Å². The minimum Gasteiger partial charge on any atom is -0.339 e. The predicted octanol–water partition coefficient (Wildman–Crippen LogP) is 2.65. The Labute approximate surface area is 111 Å². The molecular formula is C15H15N3O. The molecule has 3 rings (SSSR count). The molecule has 3 aromatic rings. The molecule has 0 saturated heterocycles.